The first kappa shape index (κ1) is 13.1. The minimum Gasteiger partial charge on any atom is -0.308 e. The van der Waals surface area contributed by atoms with E-state index in [2.05, 4.69) is 48.1 Å². The van der Waals surface area contributed by atoms with Crippen molar-refractivity contribution in [1.29, 1.82) is 0 Å². The van der Waals surface area contributed by atoms with Gasteiger partial charge in [0, 0.05) is 36.9 Å². The first-order chi connectivity index (χ1) is 9.00. The predicted molar refractivity (Wildman–Crippen MR) is 77.9 cm³/mol. The van der Waals surface area contributed by atoms with Crippen LogP contribution in [-0.4, -0.2) is 34.1 Å². The molecule has 19 heavy (non-hydrogen) atoms. The van der Waals surface area contributed by atoms with E-state index < -0.39 is 0 Å². The van der Waals surface area contributed by atoms with Gasteiger partial charge in [0.1, 0.15) is 0 Å². The van der Waals surface area contributed by atoms with Gasteiger partial charge in [-0.25, -0.2) is 0 Å². The maximum Gasteiger partial charge on any atom is 0.0544 e. The first-order valence-corrected chi connectivity index (χ1v) is 7.40. The minimum absolute atomic E-state index is 0.200. The Morgan fingerprint density at radius 3 is 2.74 bits per heavy atom. The van der Waals surface area contributed by atoms with Crippen molar-refractivity contribution in [3.63, 3.8) is 0 Å². The summed E-state index contributed by atoms with van der Waals surface area (Å²) >= 11 is 0. The minimum atomic E-state index is 0.200. The van der Waals surface area contributed by atoms with E-state index in [-0.39, 0.29) is 5.54 Å². The highest BCUT2D eigenvalue weighted by Gasteiger charge is 2.48. The van der Waals surface area contributed by atoms with Crippen molar-refractivity contribution in [1.82, 2.24) is 15.2 Å². The number of nitrogens with zero attached hydrogens (tertiary/aromatic N) is 2. The van der Waals surface area contributed by atoms with Gasteiger partial charge < -0.3 is 5.32 Å². The molecule has 1 aliphatic carbocycles. The van der Waals surface area contributed by atoms with Crippen LogP contribution in [0, 0.1) is 5.92 Å². The number of aromatic nitrogens is 1. The number of piperazine rings is 1. The summed E-state index contributed by atoms with van der Waals surface area (Å²) in [5, 5.41) is 3.80. The second kappa shape index (κ2) is 4.57. The molecule has 1 atom stereocenters. The van der Waals surface area contributed by atoms with Gasteiger partial charge in [-0.05, 0) is 51.7 Å². The molecule has 1 aromatic heterocycles. The molecule has 1 saturated heterocycles. The van der Waals surface area contributed by atoms with Crippen LogP contribution >= 0.6 is 0 Å². The molecule has 0 amide bonds. The molecule has 0 bridgehead atoms. The Hall–Kier alpha value is -0.930. The Labute approximate surface area is 116 Å². The number of hydrogen-bond acceptors (Lipinski definition) is 3. The van der Waals surface area contributed by atoms with E-state index in [1.54, 1.807) is 0 Å². The Bertz CT molecular complexity index is 439. The van der Waals surface area contributed by atoms with E-state index in [1.807, 2.05) is 12.3 Å². The molecule has 2 heterocycles. The molecule has 2 aliphatic rings. The number of nitrogens with one attached hydrogen (secondary N) is 1. The average molecular weight is 259 g/mol. The van der Waals surface area contributed by atoms with E-state index in [9.17, 15) is 0 Å². The van der Waals surface area contributed by atoms with Crippen molar-refractivity contribution >= 4 is 0 Å². The van der Waals surface area contributed by atoms with Crippen molar-refractivity contribution in [3.05, 3.63) is 30.1 Å². The summed E-state index contributed by atoms with van der Waals surface area (Å²) in [5.74, 6) is 0.870. The normalized spacial score (nSPS) is 31.3. The van der Waals surface area contributed by atoms with Crippen molar-refractivity contribution < 1.29 is 0 Å². The van der Waals surface area contributed by atoms with Gasteiger partial charge in [-0.15, -0.1) is 0 Å². The maximum atomic E-state index is 4.48. The Morgan fingerprint density at radius 2 is 2.11 bits per heavy atom. The molecule has 0 spiro atoms. The van der Waals surface area contributed by atoms with Gasteiger partial charge in [0.05, 0.1) is 5.69 Å². The lowest BCUT2D eigenvalue weighted by molar-refractivity contribution is 0.0169. The third-order valence-corrected chi connectivity index (χ3v) is 4.86. The van der Waals surface area contributed by atoms with E-state index in [4.69, 9.17) is 0 Å². The highest BCUT2D eigenvalue weighted by molar-refractivity contribution is 5.10. The Kier molecular flexibility index (Phi) is 3.14. The quantitative estimate of drug-likeness (QED) is 0.903. The van der Waals surface area contributed by atoms with Crippen LogP contribution in [0.4, 0.5) is 0 Å². The second-order valence-electron chi connectivity index (χ2n) is 7.03. The summed E-state index contributed by atoms with van der Waals surface area (Å²) < 4.78 is 0. The molecule has 1 saturated carbocycles. The molecule has 3 rings (SSSR count). The van der Waals surface area contributed by atoms with Crippen LogP contribution in [0.15, 0.2) is 24.4 Å². The molecule has 1 N–H and O–H groups in total. The molecule has 3 nitrogen and oxygen atoms in total. The number of hydrogen-bond donors (Lipinski definition) is 1. The number of pyridine rings is 1. The summed E-state index contributed by atoms with van der Waals surface area (Å²) in [7, 11) is 0. The summed E-state index contributed by atoms with van der Waals surface area (Å²) in [6, 6.07) is 6.20. The lowest BCUT2D eigenvalue weighted by Crippen LogP contribution is -2.67. The molecular formula is C16H25N3. The third-order valence-electron chi connectivity index (χ3n) is 4.86. The van der Waals surface area contributed by atoms with Crippen LogP contribution in [0.1, 0.15) is 39.3 Å². The predicted octanol–water partition coefficient (Wildman–Crippen LogP) is 2.43. The molecule has 1 aliphatic heterocycles. The SMILES string of the molecule is CC1(C2CC2)CN(Cc2ccccn2)C(C)(C)CN1. The Balaban J connectivity index is 1.76. The molecule has 1 aromatic rings. The van der Waals surface area contributed by atoms with E-state index in [0.29, 0.717) is 5.54 Å². The second-order valence-corrected chi connectivity index (χ2v) is 7.03. The van der Waals surface area contributed by atoms with Gasteiger partial charge in [0.2, 0.25) is 0 Å². The maximum absolute atomic E-state index is 4.48. The zero-order chi connectivity index (χ0) is 13.5. The lowest BCUT2D eigenvalue weighted by Gasteiger charge is -2.51. The van der Waals surface area contributed by atoms with Crippen LogP contribution < -0.4 is 5.32 Å². The fourth-order valence-corrected chi connectivity index (χ4v) is 3.15. The largest absolute Gasteiger partial charge is 0.308 e. The van der Waals surface area contributed by atoms with Crippen molar-refractivity contribution in [2.24, 2.45) is 5.92 Å². The van der Waals surface area contributed by atoms with E-state index in [1.165, 1.54) is 18.5 Å². The molecule has 104 valence electrons. The van der Waals surface area contributed by atoms with Crippen molar-refractivity contribution in [3.8, 4) is 0 Å². The van der Waals surface area contributed by atoms with Gasteiger partial charge >= 0.3 is 0 Å². The van der Waals surface area contributed by atoms with Crippen LogP contribution in [0.3, 0.4) is 0 Å². The van der Waals surface area contributed by atoms with Crippen LogP contribution in [-0.2, 0) is 6.54 Å². The number of rotatable bonds is 3. The topological polar surface area (TPSA) is 28.2 Å². The van der Waals surface area contributed by atoms with E-state index in [0.717, 1.165) is 25.6 Å². The van der Waals surface area contributed by atoms with Crippen molar-refractivity contribution in [2.45, 2.75) is 51.2 Å². The average Bonchev–Trinajstić information content (AvgIpc) is 3.20. The van der Waals surface area contributed by atoms with Gasteiger partial charge in [-0.1, -0.05) is 6.07 Å². The van der Waals surface area contributed by atoms with Crippen molar-refractivity contribution in [2.75, 3.05) is 13.1 Å². The molecule has 2 fully saturated rings. The monoisotopic (exact) mass is 259 g/mol. The highest BCUT2D eigenvalue weighted by Crippen LogP contribution is 2.42. The fraction of sp³-hybridized carbons (Fsp3) is 0.688. The molecule has 3 heteroatoms. The summed E-state index contributed by atoms with van der Waals surface area (Å²) in [4.78, 5) is 7.09. The standard InChI is InChI=1S/C16H25N3/c1-15(2)11-18-16(3,13-7-8-13)12-19(15)10-14-6-4-5-9-17-14/h4-6,9,13,18H,7-8,10-12H2,1-3H3. The molecule has 0 aromatic carbocycles. The smallest absolute Gasteiger partial charge is 0.0544 e. The van der Waals surface area contributed by atoms with Crippen LogP contribution in [0.25, 0.3) is 0 Å². The van der Waals surface area contributed by atoms with Gasteiger partial charge in [-0.2, -0.15) is 0 Å². The van der Waals surface area contributed by atoms with Crippen LogP contribution in [0.2, 0.25) is 0 Å². The van der Waals surface area contributed by atoms with Gasteiger partial charge in [0.15, 0.2) is 0 Å². The molecule has 0 radical (unpaired) electrons. The zero-order valence-corrected chi connectivity index (χ0v) is 12.3. The van der Waals surface area contributed by atoms with E-state index >= 15 is 0 Å². The molecular weight excluding hydrogens is 234 g/mol. The highest BCUT2D eigenvalue weighted by atomic mass is 15.3. The van der Waals surface area contributed by atoms with Gasteiger partial charge in [0.25, 0.3) is 0 Å². The third kappa shape index (κ3) is 2.67. The summed E-state index contributed by atoms with van der Waals surface area (Å²) in [5.41, 5.74) is 1.67. The Morgan fingerprint density at radius 1 is 1.32 bits per heavy atom. The fourth-order valence-electron chi connectivity index (χ4n) is 3.15. The zero-order valence-electron chi connectivity index (χ0n) is 12.3. The first-order valence-electron chi connectivity index (χ1n) is 7.40. The summed E-state index contributed by atoms with van der Waals surface area (Å²) in [6.07, 6.45) is 4.67. The molecule has 1 unspecified atom stereocenters. The summed E-state index contributed by atoms with van der Waals surface area (Å²) in [6.45, 7) is 10.2. The van der Waals surface area contributed by atoms with Gasteiger partial charge in [-0.3, -0.25) is 9.88 Å². The van der Waals surface area contributed by atoms with Crippen LogP contribution in [0.5, 0.6) is 0 Å². The lowest BCUT2D eigenvalue weighted by atomic mass is 9.86.